The topological polar surface area (TPSA) is 29.3 Å². The van der Waals surface area contributed by atoms with E-state index in [1.54, 1.807) is 0 Å². The summed E-state index contributed by atoms with van der Waals surface area (Å²) in [5.41, 5.74) is 3.91. The molecule has 3 heteroatoms. The molecule has 0 radical (unpaired) electrons. The van der Waals surface area contributed by atoms with E-state index in [2.05, 4.69) is 46.5 Å². The smallest absolute Gasteiger partial charge is 0.159 e. The van der Waals surface area contributed by atoms with Crippen LogP contribution in [0.2, 0.25) is 0 Å². The minimum Gasteiger partial charge on any atom is -0.357 e. The van der Waals surface area contributed by atoms with Gasteiger partial charge in [-0.1, -0.05) is 35.5 Å². The number of benzene rings is 1. The summed E-state index contributed by atoms with van der Waals surface area (Å²) in [5, 5.41) is 4.02. The van der Waals surface area contributed by atoms with Gasteiger partial charge in [-0.05, 0) is 62.4 Å². The van der Waals surface area contributed by atoms with Gasteiger partial charge < -0.3 is 4.52 Å². The molecule has 1 aromatic heterocycles. The molecule has 1 atom stereocenters. The predicted molar refractivity (Wildman–Crippen MR) is 87.4 cm³/mol. The third-order valence-electron chi connectivity index (χ3n) is 5.05. The summed E-state index contributed by atoms with van der Waals surface area (Å²) in [6, 6.07) is 13.4. The van der Waals surface area contributed by atoms with Crippen LogP contribution in [0.25, 0.3) is 6.08 Å². The molecule has 5 rings (SSSR count). The van der Waals surface area contributed by atoms with Gasteiger partial charge in [-0.3, -0.25) is 4.90 Å². The molecule has 22 heavy (non-hydrogen) atoms. The normalized spacial score (nSPS) is 29.1. The Labute approximate surface area is 131 Å². The van der Waals surface area contributed by atoms with Crippen LogP contribution in [0, 0.1) is 12.8 Å². The summed E-state index contributed by atoms with van der Waals surface area (Å²) >= 11 is 0. The second-order valence-electron chi connectivity index (χ2n) is 6.53. The van der Waals surface area contributed by atoms with Crippen molar-refractivity contribution >= 4 is 6.08 Å². The Hall–Kier alpha value is -1.87. The molecule has 0 spiro atoms. The van der Waals surface area contributed by atoms with Crippen molar-refractivity contribution in [1.29, 1.82) is 0 Å². The van der Waals surface area contributed by atoms with Crippen LogP contribution in [0.4, 0.5) is 0 Å². The van der Waals surface area contributed by atoms with Crippen molar-refractivity contribution in [3.8, 4) is 0 Å². The summed E-state index contributed by atoms with van der Waals surface area (Å²) in [7, 11) is 0. The van der Waals surface area contributed by atoms with E-state index in [1.807, 2.05) is 13.0 Å². The predicted octanol–water partition coefficient (Wildman–Crippen LogP) is 3.70. The third kappa shape index (κ3) is 2.61. The van der Waals surface area contributed by atoms with Gasteiger partial charge in [0.15, 0.2) is 5.76 Å². The lowest BCUT2D eigenvalue weighted by Crippen LogP contribution is -2.51. The van der Waals surface area contributed by atoms with Gasteiger partial charge in [-0.15, -0.1) is 0 Å². The molecule has 1 unspecified atom stereocenters. The summed E-state index contributed by atoms with van der Waals surface area (Å²) in [5.74, 6) is 1.61. The molecule has 0 aliphatic carbocycles. The molecule has 3 aliphatic rings. The van der Waals surface area contributed by atoms with Crippen molar-refractivity contribution in [2.24, 2.45) is 5.92 Å². The van der Waals surface area contributed by atoms with Gasteiger partial charge in [0.1, 0.15) is 0 Å². The SMILES string of the molecule is Cc1cc(/C=C2\C3CCN(CC3)C2Cc2ccccc2)on1. The van der Waals surface area contributed by atoms with E-state index in [4.69, 9.17) is 4.52 Å². The van der Waals surface area contributed by atoms with Gasteiger partial charge in [0, 0.05) is 12.1 Å². The van der Waals surface area contributed by atoms with E-state index in [0.717, 1.165) is 17.9 Å². The fourth-order valence-corrected chi connectivity index (χ4v) is 3.94. The second-order valence-corrected chi connectivity index (χ2v) is 6.53. The average molecular weight is 294 g/mol. The minimum absolute atomic E-state index is 0.514. The second kappa shape index (κ2) is 5.73. The van der Waals surface area contributed by atoms with Crippen molar-refractivity contribution < 1.29 is 4.52 Å². The zero-order valence-electron chi connectivity index (χ0n) is 13.0. The maximum Gasteiger partial charge on any atom is 0.159 e. The van der Waals surface area contributed by atoms with Crippen LogP contribution in [0.1, 0.15) is 29.9 Å². The maximum atomic E-state index is 5.43. The Morgan fingerprint density at radius 2 is 2.00 bits per heavy atom. The fourth-order valence-electron chi connectivity index (χ4n) is 3.94. The highest BCUT2D eigenvalue weighted by atomic mass is 16.5. The van der Waals surface area contributed by atoms with Crippen LogP contribution < -0.4 is 0 Å². The summed E-state index contributed by atoms with van der Waals surface area (Å²) in [4.78, 5) is 2.64. The van der Waals surface area contributed by atoms with Gasteiger partial charge >= 0.3 is 0 Å². The van der Waals surface area contributed by atoms with Crippen molar-refractivity contribution in [3.05, 3.63) is 59.0 Å². The van der Waals surface area contributed by atoms with E-state index in [1.165, 1.54) is 37.1 Å². The van der Waals surface area contributed by atoms with Gasteiger partial charge in [-0.25, -0.2) is 0 Å². The largest absolute Gasteiger partial charge is 0.357 e. The third-order valence-corrected chi connectivity index (χ3v) is 5.05. The van der Waals surface area contributed by atoms with Crippen LogP contribution in [-0.4, -0.2) is 29.2 Å². The lowest BCUT2D eigenvalue weighted by Gasteiger charge is -2.47. The van der Waals surface area contributed by atoms with Gasteiger partial charge in [0.2, 0.25) is 0 Å². The van der Waals surface area contributed by atoms with E-state index in [9.17, 15) is 0 Å². The first-order valence-corrected chi connectivity index (χ1v) is 8.22. The Kier molecular flexibility index (Phi) is 3.59. The lowest BCUT2D eigenvalue weighted by atomic mass is 9.76. The first-order valence-electron chi connectivity index (χ1n) is 8.22. The molecule has 3 nitrogen and oxygen atoms in total. The lowest BCUT2D eigenvalue weighted by molar-refractivity contribution is 0.104. The monoisotopic (exact) mass is 294 g/mol. The maximum absolute atomic E-state index is 5.43. The number of nitrogens with zero attached hydrogens (tertiary/aromatic N) is 2. The number of rotatable bonds is 3. The minimum atomic E-state index is 0.514. The van der Waals surface area contributed by atoms with E-state index >= 15 is 0 Å². The number of hydrogen-bond donors (Lipinski definition) is 0. The van der Waals surface area contributed by atoms with Gasteiger partial charge in [-0.2, -0.15) is 0 Å². The van der Waals surface area contributed by atoms with E-state index in [0.29, 0.717) is 12.0 Å². The zero-order chi connectivity index (χ0) is 14.9. The number of hydrogen-bond acceptors (Lipinski definition) is 3. The van der Waals surface area contributed by atoms with Crippen LogP contribution in [0.5, 0.6) is 0 Å². The highest BCUT2D eigenvalue weighted by molar-refractivity contribution is 5.51. The fraction of sp³-hybridized carbons (Fsp3) is 0.421. The highest BCUT2D eigenvalue weighted by Gasteiger charge is 2.37. The van der Waals surface area contributed by atoms with Crippen molar-refractivity contribution in [2.45, 2.75) is 32.2 Å². The Balaban J connectivity index is 1.65. The average Bonchev–Trinajstić information content (AvgIpc) is 2.97. The molecule has 3 aliphatic heterocycles. The molecule has 2 aromatic rings. The van der Waals surface area contributed by atoms with Gasteiger partial charge in [0.05, 0.1) is 5.69 Å². The highest BCUT2D eigenvalue weighted by Crippen LogP contribution is 2.39. The molecule has 1 aromatic carbocycles. The number of aromatic nitrogens is 1. The van der Waals surface area contributed by atoms with E-state index in [-0.39, 0.29) is 0 Å². The first-order chi connectivity index (χ1) is 10.8. The standard InChI is InChI=1S/C19H22N2O/c1-14-11-17(22-20-14)13-18-16-7-9-21(10-8-16)19(18)12-15-5-3-2-4-6-15/h2-6,11,13,16,19H,7-10,12H2,1H3/b18-13+. The Morgan fingerprint density at radius 3 is 2.68 bits per heavy atom. The van der Waals surface area contributed by atoms with Crippen LogP contribution >= 0.6 is 0 Å². The molecule has 3 saturated heterocycles. The molecule has 0 saturated carbocycles. The zero-order valence-corrected chi connectivity index (χ0v) is 13.0. The number of fused-ring (bicyclic) bond motifs is 3. The first kappa shape index (κ1) is 13.8. The Bertz CT molecular complexity index is 666. The van der Waals surface area contributed by atoms with Gasteiger partial charge in [0.25, 0.3) is 0 Å². The summed E-state index contributed by atoms with van der Waals surface area (Å²) < 4.78 is 5.43. The molecule has 0 amide bonds. The van der Waals surface area contributed by atoms with Crippen molar-refractivity contribution in [2.75, 3.05) is 13.1 Å². The number of piperidine rings is 3. The Morgan fingerprint density at radius 1 is 1.23 bits per heavy atom. The molecule has 3 fully saturated rings. The number of aryl methyl sites for hydroxylation is 1. The summed E-state index contributed by atoms with van der Waals surface area (Å²) in [6.45, 7) is 4.44. The quantitative estimate of drug-likeness (QED) is 0.864. The molecular weight excluding hydrogens is 272 g/mol. The van der Waals surface area contributed by atoms with Crippen molar-refractivity contribution in [3.63, 3.8) is 0 Å². The molecular formula is C19H22N2O. The van der Waals surface area contributed by atoms with Crippen LogP contribution in [0.15, 0.2) is 46.5 Å². The van der Waals surface area contributed by atoms with Crippen LogP contribution in [-0.2, 0) is 6.42 Å². The molecule has 4 heterocycles. The van der Waals surface area contributed by atoms with Crippen LogP contribution in [0.3, 0.4) is 0 Å². The molecule has 2 bridgehead atoms. The van der Waals surface area contributed by atoms with Crippen molar-refractivity contribution in [1.82, 2.24) is 10.1 Å². The summed E-state index contributed by atoms with van der Waals surface area (Å²) in [6.07, 6.45) is 5.91. The molecule has 0 N–H and O–H groups in total. The molecule has 114 valence electrons. The van der Waals surface area contributed by atoms with E-state index < -0.39 is 0 Å².